The molecule has 0 saturated heterocycles. The number of benzene rings is 2. The Hall–Kier alpha value is -2.27. The molecule has 0 aliphatic carbocycles. The number of carbonyl (C=O) groups is 1. The second-order valence-electron chi connectivity index (χ2n) is 4.26. The van der Waals surface area contributed by atoms with Crippen LogP contribution in [0.3, 0.4) is 0 Å². The van der Waals surface area contributed by atoms with Crippen molar-refractivity contribution < 1.29 is 18.7 Å². The number of nitrogen functional groups attached to an aromatic ring is 1. The lowest BCUT2D eigenvalue weighted by Crippen LogP contribution is -2.06. The second-order valence-corrected chi connectivity index (χ2v) is 4.66. The molecule has 0 radical (unpaired) electrons. The fourth-order valence-electron chi connectivity index (χ4n) is 1.89. The van der Waals surface area contributed by atoms with E-state index in [1.807, 2.05) is 0 Å². The predicted octanol–water partition coefficient (Wildman–Crippen LogP) is 3.31. The van der Waals surface area contributed by atoms with Gasteiger partial charge in [0.25, 0.3) is 0 Å². The summed E-state index contributed by atoms with van der Waals surface area (Å²) in [7, 11) is 2.89. The van der Waals surface area contributed by atoms with Crippen LogP contribution in [0.15, 0.2) is 30.3 Å². The summed E-state index contributed by atoms with van der Waals surface area (Å²) in [5.74, 6) is -0.540. The predicted molar refractivity (Wildman–Crippen MR) is 78.8 cm³/mol. The molecule has 2 rings (SSSR count). The molecule has 4 nitrogen and oxygen atoms in total. The maximum absolute atomic E-state index is 13.8. The van der Waals surface area contributed by atoms with Gasteiger partial charge in [-0.3, -0.25) is 4.79 Å². The molecule has 0 aliphatic rings. The molecule has 0 spiro atoms. The van der Waals surface area contributed by atoms with Gasteiger partial charge < -0.3 is 15.2 Å². The number of hydrogen-bond donors (Lipinski definition) is 1. The zero-order valence-corrected chi connectivity index (χ0v) is 12.2. The Kier molecular flexibility index (Phi) is 4.33. The van der Waals surface area contributed by atoms with Gasteiger partial charge in [0.05, 0.1) is 24.8 Å². The van der Waals surface area contributed by atoms with Gasteiger partial charge in [-0.25, -0.2) is 4.39 Å². The fourth-order valence-corrected chi connectivity index (χ4v) is 2.13. The molecule has 110 valence electrons. The smallest absolute Gasteiger partial charge is 0.197 e. The van der Waals surface area contributed by atoms with E-state index < -0.39 is 11.6 Å². The number of rotatable bonds is 4. The number of hydrogen-bond acceptors (Lipinski definition) is 4. The van der Waals surface area contributed by atoms with Gasteiger partial charge >= 0.3 is 0 Å². The van der Waals surface area contributed by atoms with E-state index >= 15 is 0 Å². The summed E-state index contributed by atoms with van der Waals surface area (Å²) in [5.41, 5.74) is 5.71. The first-order valence-corrected chi connectivity index (χ1v) is 6.37. The van der Waals surface area contributed by atoms with E-state index in [1.54, 1.807) is 0 Å². The Balaban J connectivity index is 2.53. The van der Waals surface area contributed by atoms with Crippen LogP contribution in [0.2, 0.25) is 5.02 Å². The molecule has 0 saturated carbocycles. The molecule has 21 heavy (non-hydrogen) atoms. The van der Waals surface area contributed by atoms with Crippen molar-refractivity contribution >= 4 is 23.1 Å². The summed E-state index contributed by atoms with van der Waals surface area (Å²) < 4.78 is 24.0. The molecular formula is C15H13ClFNO3. The zero-order valence-electron chi connectivity index (χ0n) is 11.4. The van der Waals surface area contributed by atoms with Crippen LogP contribution in [0, 0.1) is 5.82 Å². The molecule has 0 heterocycles. The highest BCUT2D eigenvalue weighted by atomic mass is 35.5. The summed E-state index contributed by atoms with van der Waals surface area (Å²) in [5, 5.41) is 0.147. The summed E-state index contributed by atoms with van der Waals surface area (Å²) >= 11 is 6.06. The molecule has 0 unspecified atom stereocenters. The van der Waals surface area contributed by atoms with Crippen molar-refractivity contribution in [2.24, 2.45) is 0 Å². The highest BCUT2D eigenvalue weighted by Crippen LogP contribution is 2.34. The first-order chi connectivity index (χ1) is 9.97. The Morgan fingerprint density at radius 1 is 1.10 bits per heavy atom. The maximum Gasteiger partial charge on any atom is 0.197 e. The first kappa shape index (κ1) is 15.1. The lowest BCUT2D eigenvalue weighted by atomic mass is 10.0. The van der Waals surface area contributed by atoms with Gasteiger partial charge in [0.1, 0.15) is 5.82 Å². The number of halogens is 2. The van der Waals surface area contributed by atoms with E-state index in [-0.39, 0.29) is 21.8 Å². The van der Waals surface area contributed by atoms with E-state index in [2.05, 4.69) is 0 Å². The number of nitrogens with two attached hydrogens (primary N) is 1. The van der Waals surface area contributed by atoms with E-state index in [4.69, 9.17) is 26.8 Å². The summed E-state index contributed by atoms with van der Waals surface area (Å²) in [4.78, 5) is 12.4. The van der Waals surface area contributed by atoms with Crippen LogP contribution in [-0.4, -0.2) is 20.0 Å². The molecule has 0 atom stereocenters. The van der Waals surface area contributed by atoms with Crippen molar-refractivity contribution in [2.45, 2.75) is 0 Å². The van der Waals surface area contributed by atoms with E-state index in [1.165, 1.54) is 38.5 Å². The van der Waals surface area contributed by atoms with Gasteiger partial charge in [0.2, 0.25) is 0 Å². The van der Waals surface area contributed by atoms with Gasteiger partial charge in [-0.2, -0.15) is 0 Å². The summed E-state index contributed by atoms with van der Waals surface area (Å²) in [6.07, 6.45) is 0. The van der Waals surface area contributed by atoms with Crippen LogP contribution in [0.25, 0.3) is 0 Å². The number of ketones is 1. The Morgan fingerprint density at radius 3 is 2.29 bits per heavy atom. The number of carbonyl (C=O) groups excluding carboxylic acids is 1. The standard InChI is InChI=1S/C15H13ClFNO3/c1-20-13-6-10(11(16)7-14(13)21-2)15(19)9-4-3-8(18)5-12(9)17/h3-7H,18H2,1-2H3. The minimum atomic E-state index is -0.703. The van der Waals surface area contributed by atoms with Gasteiger partial charge in [-0.1, -0.05) is 11.6 Å². The zero-order chi connectivity index (χ0) is 15.6. The normalized spacial score (nSPS) is 10.3. The monoisotopic (exact) mass is 309 g/mol. The molecular weight excluding hydrogens is 297 g/mol. The van der Waals surface area contributed by atoms with Gasteiger partial charge in [-0.15, -0.1) is 0 Å². The Morgan fingerprint density at radius 2 is 1.71 bits per heavy atom. The van der Waals surface area contributed by atoms with Crippen LogP contribution in [0.5, 0.6) is 11.5 Å². The van der Waals surface area contributed by atoms with E-state index in [9.17, 15) is 9.18 Å². The Labute approximate surface area is 126 Å². The maximum atomic E-state index is 13.8. The van der Waals surface area contributed by atoms with Crippen LogP contribution in [0.4, 0.5) is 10.1 Å². The average Bonchev–Trinajstić information content (AvgIpc) is 2.46. The number of ether oxygens (including phenoxy) is 2. The molecule has 2 aromatic rings. The molecule has 0 aromatic heterocycles. The Bertz CT molecular complexity index is 704. The SMILES string of the molecule is COc1cc(Cl)c(C(=O)c2ccc(N)cc2F)cc1OC. The summed E-state index contributed by atoms with van der Waals surface area (Å²) in [6.45, 7) is 0. The van der Waals surface area contributed by atoms with Crippen molar-refractivity contribution in [2.75, 3.05) is 20.0 Å². The van der Waals surface area contributed by atoms with Crippen molar-refractivity contribution in [3.05, 3.63) is 52.3 Å². The fraction of sp³-hybridized carbons (Fsp3) is 0.133. The van der Waals surface area contributed by atoms with Gasteiger partial charge in [0, 0.05) is 17.3 Å². The first-order valence-electron chi connectivity index (χ1n) is 5.99. The van der Waals surface area contributed by atoms with Crippen LogP contribution >= 0.6 is 11.6 Å². The quantitative estimate of drug-likeness (QED) is 0.695. The van der Waals surface area contributed by atoms with Crippen molar-refractivity contribution in [3.8, 4) is 11.5 Å². The third-order valence-corrected chi connectivity index (χ3v) is 3.27. The molecule has 0 fully saturated rings. The molecule has 0 amide bonds. The molecule has 2 aromatic carbocycles. The van der Waals surface area contributed by atoms with Crippen LogP contribution < -0.4 is 15.2 Å². The molecule has 6 heteroatoms. The lowest BCUT2D eigenvalue weighted by molar-refractivity contribution is 0.103. The van der Waals surface area contributed by atoms with Crippen molar-refractivity contribution in [1.82, 2.24) is 0 Å². The largest absolute Gasteiger partial charge is 0.493 e. The highest BCUT2D eigenvalue weighted by Gasteiger charge is 2.20. The third kappa shape index (κ3) is 2.92. The average molecular weight is 310 g/mol. The van der Waals surface area contributed by atoms with Crippen molar-refractivity contribution in [1.29, 1.82) is 0 Å². The van der Waals surface area contributed by atoms with Gasteiger partial charge in [-0.05, 0) is 24.3 Å². The topological polar surface area (TPSA) is 61.5 Å². The third-order valence-electron chi connectivity index (χ3n) is 2.96. The highest BCUT2D eigenvalue weighted by molar-refractivity contribution is 6.35. The minimum Gasteiger partial charge on any atom is -0.493 e. The molecule has 0 bridgehead atoms. The molecule has 2 N–H and O–H groups in total. The lowest BCUT2D eigenvalue weighted by Gasteiger charge is -2.11. The minimum absolute atomic E-state index is 0.113. The van der Waals surface area contributed by atoms with Gasteiger partial charge in [0.15, 0.2) is 17.3 Å². The van der Waals surface area contributed by atoms with E-state index in [0.717, 1.165) is 6.07 Å². The van der Waals surface area contributed by atoms with E-state index in [0.29, 0.717) is 11.5 Å². The number of anilines is 1. The van der Waals surface area contributed by atoms with Crippen molar-refractivity contribution in [3.63, 3.8) is 0 Å². The summed E-state index contributed by atoms with van der Waals surface area (Å²) in [6, 6.07) is 6.72. The number of methoxy groups -OCH3 is 2. The van der Waals surface area contributed by atoms with Crippen LogP contribution in [-0.2, 0) is 0 Å². The second kappa shape index (κ2) is 6.01. The van der Waals surface area contributed by atoms with Crippen LogP contribution in [0.1, 0.15) is 15.9 Å². The molecule has 0 aliphatic heterocycles.